The summed E-state index contributed by atoms with van der Waals surface area (Å²) in [5, 5.41) is -0.530. The van der Waals surface area contributed by atoms with Crippen molar-refractivity contribution in [1.82, 2.24) is 9.55 Å². The molecule has 1 heterocycles. The van der Waals surface area contributed by atoms with E-state index in [1.54, 1.807) is 6.92 Å². The van der Waals surface area contributed by atoms with Crippen LogP contribution in [0.4, 0.5) is 13.2 Å². The van der Waals surface area contributed by atoms with Gasteiger partial charge in [-0.1, -0.05) is 0 Å². The smallest absolute Gasteiger partial charge is 0.256 e. The Morgan fingerprint density at radius 1 is 1.44 bits per heavy atom. The van der Waals surface area contributed by atoms with Crippen LogP contribution in [0.25, 0.3) is 11.0 Å². The fraction of sp³-hybridized carbons (Fsp3) is 0.364. The molecule has 7 heteroatoms. The lowest BCUT2D eigenvalue weighted by molar-refractivity contribution is 0.127. The molecular formula is C11H9BrClF3N2. The van der Waals surface area contributed by atoms with Gasteiger partial charge in [0.1, 0.15) is 11.6 Å². The summed E-state index contributed by atoms with van der Waals surface area (Å²) in [7, 11) is 0. The van der Waals surface area contributed by atoms with E-state index in [4.69, 9.17) is 11.6 Å². The Morgan fingerprint density at radius 3 is 2.67 bits per heavy atom. The lowest BCUT2D eigenvalue weighted by atomic mass is 10.3. The highest BCUT2D eigenvalue weighted by Gasteiger charge is 2.19. The van der Waals surface area contributed by atoms with Crippen LogP contribution >= 0.6 is 27.5 Å². The molecule has 1 aromatic carbocycles. The van der Waals surface area contributed by atoms with Crippen LogP contribution < -0.4 is 0 Å². The summed E-state index contributed by atoms with van der Waals surface area (Å²) in [6.45, 7) is 1.08. The van der Waals surface area contributed by atoms with Gasteiger partial charge in [0.05, 0.1) is 27.4 Å². The number of alkyl halides is 3. The molecule has 0 amide bonds. The lowest BCUT2D eigenvalue weighted by Crippen LogP contribution is -2.10. The molecule has 0 aliphatic heterocycles. The third-order valence-electron chi connectivity index (χ3n) is 2.50. The van der Waals surface area contributed by atoms with E-state index in [1.165, 1.54) is 16.7 Å². The summed E-state index contributed by atoms with van der Waals surface area (Å²) in [5.41, 5.74) is 0.755. The first-order chi connectivity index (χ1) is 8.40. The minimum absolute atomic E-state index is 0.241. The van der Waals surface area contributed by atoms with Crippen molar-refractivity contribution < 1.29 is 13.2 Å². The van der Waals surface area contributed by atoms with Gasteiger partial charge in [-0.05, 0) is 28.9 Å². The van der Waals surface area contributed by atoms with Crippen molar-refractivity contribution in [2.45, 2.75) is 25.3 Å². The predicted octanol–water partition coefficient (Wildman–Crippen LogP) is 4.50. The highest BCUT2D eigenvalue weighted by atomic mass is 79.9. The molecule has 18 heavy (non-hydrogen) atoms. The van der Waals surface area contributed by atoms with E-state index in [0.717, 1.165) is 0 Å². The van der Waals surface area contributed by atoms with Crippen molar-refractivity contribution in [1.29, 1.82) is 0 Å². The van der Waals surface area contributed by atoms with E-state index in [1.807, 2.05) is 0 Å². The van der Waals surface area contributed by atoms with E-state index in [9.17, 15) is 13.2 Å². The molecular weight excluding hydrogens is 332 g/mol. The van der Waals surface area contributed by atoms with Crippen LogP contribution in [0, 0.1) is 5.82 Å². The molecule has 2 nitrogen and oxygen atoms in total. The van der Waals surface area contributed by atoms with Crippen molar-refractivity contribution in [3.63, 3.8) is 0 Å². The maximum atomic E-state index is 13.5. The largest absolute Gasteiger partial charge is 0.321 e. The van der Waals surface area contributed by atoms with Gasteiger partial charge in [-0.2, -0.15) is 0 Å². The molecule has 1 atom stereocenters. The van der Waals surface area contributed by atoms with Gasteiger partial charge >= 0.3 is 0 Å². The number of benzene rings is 1. The first-order valence-corrected chi connectivity index (χ1v) is 6.40. The zero-order valence-corrected chi connectivity index (χ0v) is 11.6. The van der Waals surface area contributed by atoms with E-state index in [0.29, 0.717) is 16.9 Å². The Kier molecular flexibility index (Phi) is 3.87. The van der Waals surface area contributed by atoms with E-state index < -0.39 is 24.2 Å². The third kappa shape index (κ3) is 2.49. The summed E-state index contributed by atoms with van der Waals surface area (Å²) < 4.78 is 40.1. The van der Waals surface area contributed by atoms with Crippen molar-refractivity contribution in [3.8, 4) is 0 Å². The minimum Gasteiger partial charge on any atom is -0.321 e. The van der Waals surface area contributed by atoms with Gasteiger partial charge in [-0.15, -0.1) is 11.6 Å². The molecule has 2 rings (SSSR count). The average molecular weight is 342 g/mol. The molecule has 1 aromatic heterocycles. The maximum Gasteiger partial charge on any atom is 0.256 e. The van der Waals surface area contributed by atoms with Crippen LogP contribution in [-0.2, 0) is 6.54 Å². The molecule has 0 fully saturated rings. The zero-order chi connectivity index (χ0) is 13.4. The quantitative estimate of drug-likeness (QED) is 0.752. The van der Waals surface area contributed by atoms with Gasteiger partial charge in [-0.3, -0.25) is 0 Å². The van der Waals surface area contributed by atoms with E-state index >= 15 is 0 Å². The first kappa shape index (κ1) is 13.7. The summed E-state index contributed by atoms with van der Waals surface area (Å²) >= 11 is 8.94. The highest BCUT2D eigenvalue weighted by molar-refractivity contribution is 9.10. The number of halogens is 5. The van der Waals surface area contributed by atoms with Crippen molar-refractivity contribution in [3.05, 3.63) is 28.2 Å². The second-order valence-corrected chi connectivity index (χ2v) is 5.35. The fourth-order valence-electron chi connectivity index (χ4n) is 1.77. The van der Waals surface area contributed by atoms with Gasteiger partial charge in [0.15, 0.2) is 0 Å². The standard InChI is InChI=1S/C11H9BrClF3N2/c1-5(13)11-17-8-2-6(12)7(14)3-9(8)18(11)4-10(15)16/h2-3,5,10H,4H2,1H3. The average Bonchev–Trinajstić information content (AvgIpc) is 2.57. The summed E-state index contributed by atoms with van der Waals surface area (Å²) in [6.07, 6.45) is -2.55. The second kappa shape index (κ2) is 5.09. The maximum absolute atomic E-state index is 13.5. The van der Waals surface area contributed by atoms with Crippen LogP contribution in [0.2, 0.25) is 0 Å². The molecule has 0 aliphatic rings. The molecule has 0 aliphatic carbocycles. The normalized spacial score (nSPS) is 13.5. The topological polar surface area (TPSA) is 17.8 Å². The Labute approximate surface area is 115 Å². The highest BCUT2D eigenvalue weighted by Crippen LogP contribution is 2.28. The first-order valence-electron chi connectivity index (χ1n) is 5.17. The molecule has 0 N–H and O–H groups in total. The fourth-order valence-corrected chi connectivity index (χ4v) is 2.27. The Balaban J connectivity index is 2.68. The number of hydrogen-bond acceptors (Lipinski definition) is 1. The van der Waals surface area contributed by atoms with Crippen molar-refractivity contribution in [2.75, 3.05) is 0 Å². The molecule has 0 saturated carbocycles. The van der Waals surface area contributed by atoms with Gasteiger partial charge in [0, 0.05) is 6.07 Å². The number of fused-ring (bicyclic) bond motifs is 1. The van der Waals surface area contributed by atoms with Crippen molar-refractivity contribution >= 4 is 38.6 Å². The van der Waals surface area contributed by atoms with Gasteiger partial charge in [0.25, 0.3) is 6.43 Å². The minimum atomic E-state index is -2.55. The van der Waals surface area contributed by atoms with Crippen LogP contribution in [0.3, 0.4) is 0 Å². The Hall–Kier alpha value is -0.750. The molecule has 0 radical (unpaired) electrons. The van der Waals surface area contributed by atoms with Gasteiger partial charge in [0.2, 0.25) is 0 Å². The third-order valence-corrected chi connectivity index (χ3v) is 3.30. The number of nitrogens with zero attached hydrogens (tertiary/aromatic N) is 2. The monoisotopic (exact) mass is 340 g/mol. The Bertz CT molecular complexity index is 583. The van der Waals surface area contributed by atoms with Crippen LogP contribution in [-0.4, -0.2) is 16.0 Å². The van der Waals surface area contributed by atoms with Crippen LogP contribution in [0.5, 0.6) is 0 Å². The van der Waals surface area contributed by atoms with E-state index in [2.05, 4.69) is 20.9 Å². The zero-order valence-electron chi connectivity index (χ0n) is 9.30. The number of rotatable bonds is 3. The van der Waals surface area contributed by atoms with E-state index in [-0.39, 0.29) is 4.47 Å². The molecule has 2 aromatic rings. The molecule has 98 valence electrons. The number of hydrogen-bond donors (Lipinski definition) is 0. The predicted molar refractivity (Wildman–Crippen MR) is 67.7 cm³/mol. The Morgan fingerprint density at radius 2 is 2.11 bits per heavy atom. The number of aromatic nitrogens is 2. The van der Waals surface area contributed by atoms with Gasteiger partial charge in [-0.25, -0.2) is 18.2 Å². The molecule has 0 spiro atoms. The summed E-state index contributed by atoms with van der Waals surface area (Å²) in [5.74, 6) is -0.212. The molecule has 0 saturated heterocycles. The van der Waals surface area contributed by atoms with Crippen LogP contribution in [0.1, 0.15) is 18.1 Å². The summed E-state index contributed by atoms with van der Waals surface area (Å²) in [4.78, 5) is 4.17. The molecule has 1 unspecified atom stereocenters. The van der Waals surface area contributed by atoms with Crippen molar-refractivity contribution in [2.24, 2.45) is 0 Å². The van der Waals surface area contributed by atoms with Crippen LogP contribution in [0.15, 0.2) is 16.6 Å². The molecule has 0 bridgehead atoms. The SMILES string of the molecule is CC(Cl)c1nc2cc(Br)c(F)cc2n1CC(F)F. The summed E-state index contributed by atoms with van der Waals surface area (Å²) in [6, 6.07) is 2.63. The van der Waals surface area contributed by atoms with Gasteiger partial charge < -0.3 is 4.57 Å². The second-order valence-electron chi connectivity index (χ2n) is 3.84. The number of imidazole rings is 1. The lowest BCUT2D eigenvalue weighted by Gasteiger charge is -2.09.